The van der Waals surface area contributed by atoms with Crippen LogP contribution in [-0.4, -0.2) is 26.2 Å². The summed E-state index contributed by atoms with van der Waals surface area (Å²) in [5.74, 6) is -0.670. The van der Waals surface area contributed by atoms with Gasteiger partial charge in [0.1, 0.15) is 5.75 Å². The van der Waals surface area contributed by atoms with Crippen LogP contribution in [0.25, 0.3) is 0 Å². The van der Waals surface area contributed by atoms with Crippen LogP contribution in [-0.2, 0) is 0 Å². The third kappa shape index (κ3) is 2.46. The third-order valence-electron chi connectivity index (χ3n) is 1.92. The highest BCUT2D eigenvalue weighted by atomic mass is 16.3. The van der Waals surface area contributed by atoms with Gasteiger partial charge < -0.3 is 10.4 Å². The molecule has 0 aliphatic heterocycles. The molecule has 0 unspecified atom stereocenters. The van der Waals surface area contributed by atoms with Crippen LogP contribution in [0.4, 0.5) is 5.82 Å². The second-order valence-electron chi connectivity index (χ2n) is 3.13. The molecular weight excluding hydrogens is 224 g/mol. The van der Waals surface area contributed by atoms with E-state index in [-0.39, 0.29) is 22.8 Å². The summed E-state index contributed by atoms with van der Waals surface area (Å²) in [6, 6.07) is 5.42. The lowest BCUT2D eigenvalue weighted by atomic mass is 10.3. The van der Waals surface area contributed by atoms with Crippen LogP contribution in [0.15, 0.2) is 35.3 Å². The van der Waals surface area contributed by atoms with E-state index in [4.69, 9.17) is 0 Å². The first-order chi connectivity index (χ1) is 8.16. The molecule has 86 valence electrons. The second-order valence-corrected chi connectivity index (χ2v) is 3.13. The van der Waals surface area contributed by atoms with Crippen molar-refractivity contribution in [2.75, 3.05) is 5.32 Å². The van der Waals surface area contributed by atoms with Crippen molar-refractivity contribution in [1.82, 2.24) is 15.2 Å². The number of nitrogens with one attached hydrogen (secondary N) is 2. The Morgan fingerprint density at radius 3 is 2.82 bits per heavy atom. The maximum Gasteiger partial charge on any atom is 0.279 e. The highest BCUT2D eigenvalue weighted by Crippen LogP contribution is 2.13. The van der Waals surface area contributed by atoms with Gasteiger partial charge in [0.15, 0.2) is 11.5 Å². The average molecular weight is 232 g/mol. The Kier molecular flexibility index (Phi) is 2.82. The van der Waals surface area contributed by atoms with Gasteiger partial charge in [0.25, 0.3) is 11.5 Å². The highest BCUT2D eigenvalue weighted by molar-refractivity contribution is 6.03. The fraction of sp³-hybridized carbons (Fsp3) is 0. The summed E-state index contributed by atoms with van der Waals surface area (Å²) in [5.41, 5.74) is -0.482. The van der Waals surface area contributed by atoms with E-state index < -0.39 is 5.91 Å². The Bertz CT molecular complexity index is 588. The number of hydrogen-bond donors (Lipinski definition) is 3. The Morgan fingerprint density at radius 1 is 1.35 bits per heavy atom. The summed E-state index contributed by atoms with van der Waals surface area (Å²) in [4.78, 5) is 26.1. The van der Waals surface area contributed by atoms with Crippen molar-refractivity contribution in [2.24, 2.45) is 0 Å². The van der Waals surface area contributed by atoms with E-state index in [1.165, 1.54) is 30.5 Å². The molecule has 0 radical (unpaired) electrons. The summed E-state index contributed by atoms with van der Waals surface area (Å²) in [6.45, 7) is 0. The average Bonchev–Trinajstić information content (AvgIpc) is 2.32. The van der Waals surface area contributed by atoms with Gasteiger partial charge in [0, 0.05) is 12.3 Å². The molecule has 0 aromatic carbocycles. The summed E-state index contributed by atoms with van der Waals surface area (Å²) in [6.07, 6.45) is 1.38. The highest BCUT2D eigenvalue weighted by Gasteiger charge is 2.12. The summed E-state index contributed by atoms with van der Waals surface area (Å²) in [5, 5.41) is 17.5. The lowest BCUT2D eigenvalue weighted by Crippen LogP contribution is -2.16. The van der Waals surface area contributed by atoms with Gasteiger partial charge in [0.2, 0.25) is 0 Å². The number of anilines is 1. The van der Waals surface area contributed by atoms with E-state index in [9.17, 15) is 14.7 Å². The van der Waals surface area contributed by atoms with E-state index in [2.05, 4.69) is 20.5 Å². The molecule has 0 saturated carbocycles. The third-order valence-corrected chi connectivity index (χ3v) is 1.92. The van der Waals surface area contributed by atoms with Crippen LogP contribution >= 0.6 is 0 Å². The SMILES string of the molecule is O=C(Nc1ccc(=O)[nH]n1)c1ncccc1O. The molecule has 0 spiro atoms. The maximum absolute atomic E-state index is 11.7. The van der Waals surface area contributed by atoms with Crippen LogP contribution in [0.3, 0.4) is 0 Å². The van der Waals surface area contributed by atoms with Crippen molar-refractivity contribution >= 4 is 11.7 Å². The fourth-order valence-corrected chi connectivity index (χ4v) is 1.16. The Hall–Kier alpha value is -2.70. The molecule has 7 nitrogen and oxygen atoms in total. The smallest absolute Gasteiger partial charge is 0.279 e. The predicted molar refractivity (Wildman–Crippen MR) is 58.7 cm³/mol. The molecule has 3 N–H and O–H groups in total. The van der Waals surface area contributed by atoms with Crippen molar-refractivity contribution < 1.29 is 9.90 Å². The number of H-pyrrole nitrogens is 1. The van der Waals surface area contributed by atoms with E-state index in [1.807, 2.05) is 0 Å². The van der Waals surface area contributed by atoms with Crippen LogP contribution in [0.5, 0.6) is 5.75 Å². The molecule has 2 heterocycles. The van der Waals surface area contributed by atoms with Gasteiger partial charge in [-0.1, -0.05) is 0 Å². The second kappa shape index (κ2) is 4.44. The minimum absolute atomic E-state index is 0.111. The molecule has 0 saturated heterocycles. The monoisotopic (exact) mass is 232 g/mol. The molecule has 17 heavy (non-hydrogen) atoms. The van der Waals surface area contributed by atoms with Gasteiger partial charge in [-0.25, -0.2) is 10.1 Å². The number of amides is 1. The quantitative estimate of drug-likeness (QED) is 0.681. The molecule has 0 fully saturated rings. The minimum atomic E-state index is -0.609. The van der Waals surface area contributed by atoms with Crippen molar-refractivity contribution in [3.8, 4) is 5.75 Å². The largest absolute Gasteiger partial charge is 0.505 e. The topological polar surface area (TPSA) is 108 Å². The zero-order chi connectivity index (χ0) is 12.3. The van der Waals surface area contributed by atoms with Gasteiger partial charge in [-0.05, 0) is 18.2 Å². The zero-order valence-corrected chi connectivity index (χ0v) is 8.54. The van der Waals surface area contributed by atoms with Crippen LogP contribution in [0.1, 0.15) is 10.5 Å². The molecular formula is C10H8N4O3. The van der Waals surface area contributed by atoms with Crippen molar-refractivity contribution in [2.45, 2.75) is 0 Å². The van der Waals surface area contributed by atoms with Crippen LogP contribution in [0, 0.1) is 0 Å². The number of nitrogens with zero attached hydrogens (tertiary/aromatic N) is 2. The van der Waals surface area contributed by atoms with Gasteiger partial charge >= 0.3 is 0 Å². The molecule has 0 aliphatic rings. The number of rotatable bonds is 2. The molecule has 0 aliphatic carbocycles. The normalized spacial score (nSPS) is 9.88. The van der Waals surface area contributed by atoms with Crippen molar-refractivity contribution in [3.05, 3.63) is 46.5 Å². The first kappa shape index (κ1) is 10.8. The Labute approximate surface area is 95.1 Å². The van der Waals surface area contributed by atoms with E-state index in [1.54, 1.807) is 0 Å². The number of carbonyl (C=O) groups excluding carboxylic acids is 1. The first-order valence-corrected chi connectivity index (χ1v) is 4.68. The number of aromatic hydroxyl groups is 1. The van der Waals surface area contributed by atoms with E-state index >= 15 is 0 Å². The van der Waals surface area contributed by atoms with Gasteiger partial charge in [-0.3, -0.25) is 9.59 Å². The zero-order valence-electron chi connectivity index (χ0n) is 8.54. The Morgan fingerprint density at radius 2 is 2.18 bits per heavy atom. The summed E-state index contributed by atoms with van der Waals surface area (Å²) >= 11 is 0. The summed E-state index contributed by atoms with van der Waals surface area (Å²) < 4.78 is 0. The van der Waals surface area contributed by atoms with Crippen LogP contribution < -0.4 is 10.9 Å². The summed E-state index contributed by atoms with van der Waals surface area (Å²) in [7, 11) is 0. The molecule has 0 bridgehead atoms. The first-order valence-electron chi connectivity index (χ1n) is 4.68. The van der Waals surface area contributed by atoms with Gasteiger partial charge in [-0.15, -0.1) is 0 Å². The maximum atomic E-state index is 11.7. The number of hydrogen-bond acceptors (Lipinski definition) is 5. The molecule has 2 aromatic rings. The standard InChI is InChI=1S/C10H8N4O3/c15-6-2-1-5-11-9(6)10(17)12-7-3-4-8(16)14-13-7/h1-5,15H,(H,14,16)(H,12,13,17). The number of pyridine rings is 1. The minimum Gasteiger partial charge on any atom is -0.505 e. The molecule has 2 aromatic heterocycles. The molecule has 0 atom stereocenters. The van der Waals surface area contributed by atoms with E-state index in [0.717, 1.165) is 0 Å². The molecule has 1 amide bonds. The predicted octanol–water partition coefficient (Wildman–Crippen LogP) is 0.123. The fourth-order valence-electron chi connectivity index (χ4n) is 1.16. The Balaban J connectivity index is 2.20. The number of carbonyl (C=O) groups is 1. The molecule has 2 rings (SSSR count). The van der Waals surface area contributed by atoms with Gasteiger partial charge in [0.05, 0.1) is 0 Å². The number of aromatic nitrogens is 3. The number of aromatic amines is 1. The lowest BCUT2D eigenvalue weighted by molar-refractivity contribution is 0.101. The van der Waals surface area contributed by atoms with Crippen molar-refractivity contribution in [1.29, 1.82) is 0 Å². The van der Waals surface area contributed by atoms with Gasteiger partial charge in [-0.2, -0.15) is 5.10 Å². The van der Waals surface area contributed by atoms with Crippen molar-refractivity contribution in [3.63, 3.8) is 0 Å². The molecule has 7 heteroatoms. The lowest BCUT2D eigenvalue weighted by Gasteiger charge is -2.03. The van der Waals surface area contributed by atoms with E-state index in [0.29, 0.717) is 0 Å². The van der Waals surface area contributed by atoms with Crippen LogP contribution in [0.2, 0.25) is 0 Å².